The molecule has 0 fully saturated rings. The number of nitrogens with one attached hydrogen (secondary N) is 1. The number of halogens is 1. The molecule has 9 heteroatoms. The maximum Gasteiger partial charge on any atom is 0.250 e. The van der Waals surface area contributed by atoms with Crippen LogP contribution in [0.25, 0.3) is 17.1 Å². The van der Waals surface area contributed by atoms with Gasteiger partial charge in [0.25, 0.3) is 5.91 Å². The first-order valence-electron chi connectivity index (χ1n) is 9.38. The molecule has 0 spiro atoms. The number of hydrazone groups is 1. The maximum absolute atomic E-state index is 12.3. The Morgan fingerprint density at radius 1 is 1.13 bits per heavy atom. The molecule has 156 valence electrons. The van der Waals surface area contributed by atoms with Crippen molar-refractivity contribution in [2.24, 2.45) is 5.10 Å². The van der Waals surface area contributed by atoms with Gasteiger partial charge in [0.1, 0.15) is 0 Å². The minimum absolute atomic E-state index is 0.171. The third-order valence-electron chi connectivity index (χ3n) is 4.22. The van der Waals surface area contributed by atoms with Crippen LogP contribution in [0.2, 0.25) is 0 Å². The van der Waals surface area contributed by atoms with Gasteiger partial charge in [-0.15, -0.1) is 21.5 Å². The van der Waals surface area contributed by atoms with Crippen LogP contribution in [0.1, 0.15) is 9.75 Å². The number of thioether (sulfide) groups is 1. The Balaban J connectivity index is 1.51. The van der Waals surface area contributed by atoms with E-state index in [1.54, 1.807) is 17.6 Å². The monoisotopic (exact) mass is 511 g/mol. The highest BCUT2D eigenvalue weighted by molar-refractivity contribution is 9.10. The Hall–Kier alpha value is -2.75. The molecule has 4 aromatic rings. The highest BCUT2D eigenvalue weighted by Gasteiger charge is 2.17. The fourth-order valence-electron chi connectivity index (χ4n) is 2.81. The summed E-state index contributed by atoms with van der Waals surface area (Å²) in [5.74, 6) is 0.683. The minimum atomic E-state index is -0.207. The highest BCUT2D eigenvalue weighted by atomic mass is 79.9. The van der Waals surface area contributed by atoms with Gasteiger partial charge in [0.15, 0.2) is 11.0 Å². The van der Waals surface area contributed by atoms with Crippen LogP contribution in [-0.4, -0.2) is 32.6 Å². The fraction of sp³-hybridized carbons (Fsp3) is 0.0909. The smallest absolute Gasteiger partial charge is 0.250 e. The summed E-state index contributed by atoms with van der Waals surface area (Å²) in [7, 11) is 0. The molecule has 0 aliphatic rings. The number of amides is 1. The Morgan fingerprint density at radius 3 is 2.61 bits per heavy atom. The van der Waals surface area contributed by atoms with E-state index in [4.69, 9.17) is 0 Å². The molecule has 0 atom stereocenters. The molecule has 0 unspecified atom stereocenters. The number of hydrogen-bond donors (Lipinski definition) is 1. The molecular formula is C22H18BrN5OS2. The van der Waals surface area contributed by atoms with Gasteiger partial charge < -0.3 is 0 Å². The number of thiophene rings is 1. The normalized spacial score (nSPS) is 11.2. The molecule has 0 radical (unpaired) electrons. The number of hydrogen-bond acceptors (Lipinski definition) is 6. The van der Waals surface area contributed by atoms with Crippen molar-refractivity contribution in [2.45, 2.75) is 12.1 Å². The van der Waals surface area contributed by atoms with Gasteiger partial charge in [-0.05, 0) is 43.3 Å². The lowest BCUT2D eigenvalue weighted by Gasteiger charge is -2.10. The lowest BCUT2D eigenvalue weighted by molar-refractivity contribution is -0.118. The van der Waals surface area contributed by atoms with E-state index in [0.29, 0.717) is 5.16 Å². The van der Waals surface area contributed by atoms with E-state index in [2.05, 4.69) is 36.7 Å². The molecule has 0 saturated carbocycles. The van der Waals surface area contributed by atoms with Gasteiger partial charge in [-0.3, -0.25) is 9.36 Å². The van der Waals surface area contributed by atoms with E-state index >= 15 is 0 Å². The van der Waals surface area contributed by atoms with Crippen LogP contribution < -0.4 is 5.43 Å². The number of carbonyl (C=O) groups is 1. The number of aromatic nitrogens is 3. The van der Waals surface area contributed by atoms with Crippen LogP contribution in [-0.2, 0) is 4.79 Å². The van der Waals surface area contributed by atoms with E-state index in [9.17, 15) is 4.79 Å². The first-order chi connectivity index (χ1) is 15.1. The molecule has 6 nitrogen and oxygen atoms in total. The van der Waals surface area contributed by atoms with E-state index in [-0.39, 0.29) is 11.7 Å². The molecule has 0 aliphatic heterocycles. The predicted octanol–water partition coefficient (Wildman–Crippen LogP) is 5.31. The molecule has 1 N–H and O–H groups in total. The molecule has 0 aliphatic carbocycles. The zero-order valence-electron chi connectivity index (χ0n) is 16.5. The zero-order chi connectivity index (χ0) is 21.6. The molecule has 1 amide bonds. The third kappa shape index (κ3) is 5.49. The number of rotatable bonds is 7. The Labute approximate surface area is 196 Å². The molecule has 2 heterocycles. The summed E-state index contributed by atoms with van der Waals surface area (Å²) < 4.78 is 2.94. The Kier molecular flexibility index (Phi) is 6.96. The molecule has 0 bridgehead atoms. The highest BCUT2D eigenvalue weighted by Crippen LogP contribution is 2.28. The lowest BCUT2D eigenvalue weighted by atomic mass is 10.2. The van der Waals surface area contributed by atoms with E-state index in [1.807, 2.05) is 78.2 Å². The van der Waals surface area contributed by atoms with E-state index < -0.39 is 0 Å². The zero-order valence-corrected chi connectivity index (χ0v) is 19.7. The van der Waals surface area contributed by atoms with Crippen LogP contribution in [0.15, 0.2) is 81.5 Å². The third-order valence-corrected chi connectivity index (χ3v) is 6.62. The van der Waals surface area contributed by atoms with Gasteiger partial charge in [-0.2, -0.15) is 5.10 Å². The minimum Gasteiger partial charge on any atom is -0.272 e. The first-order valence-corrected chi connectivity index (χ1v) is 12.0. The van der Waals surface area contributed by atoms with Gasteiger partial charge in [0.05, 0.1) is 12.0 Å². The van der Waals surface area contributed by atoms with Crippen molar-refractivity contribution >= 4 is 51.2 Å². The van der Waals surface area contributed by atoms with Gasteiger partial charge in [-0.1, -0.05) is 58.0 Å². The van der Waals surface area contributed by atoms with Gasteiger partial charge in [-0.25, -0.2) is 5.43 Å². The molecule has 2 aromatic carbocycles. The lowest BCUT2D eigenvalue weighted by Crippen LogP contribution is -2.19. The second kappa shape index (κ2) is 10.0. The SMILES string of the molecule is Cc1ccc(C=NNC(=O)CSc2nnc(-c3ccccc3)n2-c2ccc(Br)cc2)s1. The van der Waals surface area contributed by atoms with E-state index in [1.165, 1.54) is 16.6 Å². The summed E-state index contributed by atoms with van der Waals surface area (Å²) in [4.78, 5) is 14.5. The van der Waals surface area contributed by atoms with Gasteiger partial charge in [0.2, 0.25) is 0 Å². The van der Waals surface area contributed by atoms with E-state index in [0.717, 1.165) is 26.4 Å². The number of aryl methyl sites for hydroxylation is 1. The van der Waals surface area contributed by atoms with Gasteiger partial charge >= 0.3 is 0 Å². The number of nitrogens with zero attached hydrogens (tertiary/aromatic N) is 4. The standard InChI is InChI=1S/C22H18BrN5OS2/c1-15-7-12-19(31-15)13-24-25-20(29)14-30-22-27-26-21(16-5-3-2-4-6-16)28(22)18-10-8-17(23)9-11-18/h2-13H,14H2,1H3,(H,25,29). The summed E-state index contributed by atoms with van der Waals surface area (Å²) in [5, 5.41) is 13.4. The number of benzene rings is 2. The summed E-state index contributed by atoms with van der Waals surface area (Å²) >= 11 is 6.41. The molecule has 31 heavy (non-hydrogen) atoms. The maximum atomic E-state index is 12.3. The van der Waals surface area contributed by atoms with Crippen molar-refractivity contribution in [3.8, 4) is 17.1 Å². The van der Waals surface area contributed by atoms with Crippen molar-refractivity contribution in [3.05, 3.63) is 81.0 Å². The average molecular weight is 512 g/mol. The van der Waals surface area contributed by atoms with Crippen molar-refractivity contribution in [3.63, 3.8) is 0 Å². The average Bonchev–Trinajstić information content (AvgIpc) is 3.39. The van der Waals surface area contributed by atoms with Crippen LogP contribution in [0.5, 0.6) is 0 Å². The van der Waals surface area contributed by atoms with Crippen LogP contribution in [0.3, 0.4) is 0 Å². The first kappa shape index (κ1) is 21.5. The van der Waals surface area contributed by atoms with Crippen molar-refractivity contribution < 1.29 is 4.79 Å². The molecule has 4 rings (SSSR count). The van der Waals surface area contributed by atoms with Gasteiger partial charge in [0, 0.05) is 25.5 Å². The van der Waals surface area contributed by atoms with Crippen molar-refractivity contribution in [2.75, 3.05) is 5.75 Å². The quantitative estimate of drug-likeness (QED) is 0.207. The second-order valence-electron chi connectivity index (χ2n) is 6.51. The predicted molar refractivity (Wildman–Crippen MR) is 130 cm³/mol. The molecule has 2 aromatic heterocycles. The number of carbonyl (C=O) groups excluding carboxylic acids is 1. The van der Waals surface area contributed by atoms with Crippen LogP contribution in [0, 0.1) is 6.92 Å². The van der Waals surface area contributed by atoms with Crippen LogP contribution in [0.4, 0.5) is 0 Å². The summed E-state index contributed by atoms with van der Waals surface area (Å²) in [5.41, 5.74) is 4.44. The molecule has 0 saturated heterocycles. The second-order valence-corrected chi connectivity index (χ2v) is 9.69. The van der Waals surface area contributed by atoms with Crippen molar-refractivity contribution in [1.82, 2.24) is 20.2 Å². The fourth-order valence-corrected chi connectivity index (χ4v) is 4.57. The molecular weight excluding hydrogens is 494 g/mol. The summed E-state index contributed by atoms with van der Waals surface area (Å²) in [6.45, 7) is 2.03. The Morgan fingerprint density at radius 2 is 1.90 bits per heavy atom. The largest absolute Gasteiger partial charge is 0.272 e. The topological polar surface area (TPSA) is 72.2 Å². The Bertz CT molecular complexity index is 1200. The van der Waals surface area contributed by atoms with Crippen molar-refractivity contribution in [1.29, 1.82) is 0 Å². The summed E-state index contributed by atoms with van der Waals surface area (Å²) in [6.07, 6.45) is 1.65. The van der Waals surface area contributed by atoms with Crippen LogP contribution >= 0.6 is 39.0 Å². The summed E-state index contributed by atoms with van der Waals surface area (Å²) in [6, 6.07) is 21.7.